The molecule has 0 radical (unpaired) electrons. The van der Waals surface area contributed by atoms with Gasteiger partial charge in [0.15, 0.2) is 11.5 Å². The van der Waals surface area contributed by atoms with Gasteiger partial charge in [0.2, 0.25) is 12.7 Å². The second-order valence-electron chi connectivity index (χ2n) is 7.29. The fourth-order valence-electron chi connectivity index (χ4n) is 4.55. The van der Waals surface area contributed by atoms with Crippen LogP contribution >= 0.6 is 0 Å². The molecule has 134 valence electrons. The molecule has 5 heteroatoms. The molecule has 1 saturated heterocycles. The van der Waals surface area contributed by atoms with E-state index in [1.165, 1.54) is 5.56 Å². The molecule has 1 fully saturated rings. The minimum absolute atomic E-state index is 0.102. The van der Waals surface area contributed by atoms with Gasteiger partial charge in [0.25, 0.3) is 0 Å². The van der Waals surface area contributed by atoms with Gasteiger partial charge >= 0.3 is 0 Å². The quantitative estimate of drug-likeness (QED) is 0.830. The van der Waals surface area contributed by atoms with E-state index in [2.05, 4.69) is 22.0 Å². The lowest BCUT2D eigenvalue weighted by Gasteiger charge is -2.31. The second kappa shape index (κ2) is 6.31. The molecule has 1 amide bonds. The lowest BCUT2D eigenvalue weighted by Crippen LogP contribution is -2.36. The molecule has 1 aliphatic carbocycles. The van der Waals surface area contributed by atoms with Gasteiger partial charge in [-0.2, -0.15) is 0 Å². The Balaban J connectivity index is 1.43. The minimum Gasteiger partial charge on any atom is -0.454 e. The number of hydrogen-bond donors (Lipinski definition) is 0. The molecule has 1 aromatic heterocycles. The Labute approximate surface area is 152 Å². The average Bonchev–Trinajstić information content (AvgIpc) is 3.35. The first-order chi connectivity index (χ1) is 12.8. The van der Waals surface area contributed by atoms with Crippen LogP contribution in [0.3, 0.4) is 0 Å². The fraction of sp³-hybridized carbons (Fsp3) is 0.429. The van der Waals surface area contributed by atoms with Crippen molar-refractivity contribution in [3.63, 3.8) is 0 Å². The van der Waals surface area contributed by atoms with Crippen LogP contribution in [0.25, 0.3) is 0 Å². The van der Waals surface area contributed by atoms with Gasteiger partial charge in [0, 0.05) is 12.7 Å². The molecular formula is C21H22N2O3. The number of benzene rings is 1. The van der Waals surface area contributed by atoms with E-state index in [0.29, 0.717) is 0 Å². The normalized spacial score (nSPS) is 23.8. The number of carbonyl (C=O) groups excluding carboxylic acids is 1. The summed E-state index contributed by atoms with van der Waals surface area (Å²) < 4.78 is 10.9. The van der Waals surface area contributed by atoms with Gasteiger partial charge in [-0.25, -0.2) is 0 Å². The predicted molar refractivity (Wildman–Crippen MR) is 96.2 cm³/mol. The fourth-order valence-corrected chi connectivity index (χ4v) is 4.55. The molecule has 0 saturated carbocycles. The standard InChI is InChI=1S/C21H22N2O3/c24-21(16-6-1-4-14-5-2-10-22-20(14)16)23-11-3-7-17(23)15-8-9-18-19(12-15)26-13-25-18/h2,5,8-10,12,16-17H,1,3-4,6-7,11,13H2. The van der Waals surface area contributed by atoms with Crippen molar-refractivity contribution in [1.29, 1.82) is 0 Å². The number of likely N-dealkylation sites (tertiary alicyclic amines) is 1. The number of hydrogen-bond acceptors (Lipinski definition) is 4. The first-order valence-electron chi connectivity index (χ1n) is 9.45. The van der Waals surface area contributed by atoms with Gasteiger partial charge in [-0.05, 0) is 61.4 Å². The van der Waals surface area contributed by atoms with Gasteiger partial charge in [0.1, 0.15) is 0 Å². The number of nitrogens with zero attached hydrogens (tertiary/aromatic N) is 2. The monoisotopic (exact) mass is 350 g/mol. The molecule has 5 nitrogen and oxygen atoms in total. The van der Waals surface area contributed by atoms with Gasteiger partial charge in [0.05, 0.1) is 17.7 Å². The maximum absolute atomic E-state index is 13.4. The molecular weight excluding hydrogens is 328 g/mol. The maximum Gasteiger partial charge on any atom is 0.232 e. The summed E-state index contributed by atoms with van der Waals surface area (Å²) in [7, 11) is 0. The molecule has 3 aliphatic rings. The van der Waals surface area contributed by atoms with Gasteiger partial charge in [-0.15, -0.1) is 0 Å². The molecule has 2 unspecified atom stereocenters. The molecule has 1 aromatic carbocycles. The molecule has 2 aromatic rings. The van der Waals surface area contributed by atoms with Crippen molar-refractivity contribution in [2.45, 2.75) is 44.1 Å². The zero-order chi connectivity index (χ0) is 17.5. The predicted octanol–water partition coefficient (Wildman–Crippen LogP) is 3.59. The third kappa shape index (κ3) is 2.54. The minimum atomic E-state index is -0.102. The van der Waals surface area contributed by atoms with Crippen molar-refractivity contribution in [3.05, 3.63) is 53.3 Å². The molecule has 3 heterocycles. The van der Waals surface area contributed by atoms with Crippen molar-refractivity contribution >= 4 is 5.91 Å². The highest BCUT2D eigenvalue weighted by Gasteiger charge is 2.37. The molecule has 5 rings (SSSR count). The van der Waals surface area contributed by atoms with Gasteiger partial charge in [-0.3, -0.25) is 9.78 Å². The summed E-state index contributed by atoms with van der Waals surface area (Å²) >= 11 is 0. The number of fused-ring (bicyclic) bond motifs is 2. The molecule has 26 heavy (non-hydrogen) atoms. The second-order valence-corrected chi connectivity index (χ2v) is 7.29. The number of amides is 1. The van der Waals surface area contributed by atoms with Crippen LogP contribution in [-0.2, 0) is 11.2 Å². The van der Waals surface area contributed by atoms with Crippen molar-refractivity contribution in [2.75, 3.05) is 13.3 Å². The lowest BCUT2D eigenvalue weighted by molar-refractivity contribution is -0.134. The summed E-state index contributed by atoms with van der Waals surface area (Å²) in [4.78, 5) is 20.0. The van der Waals surface area contributed by atoms with E-state index in [1.54, 1.807) is 0 Å². The van der Waals surface area contributed by atoms with E-state index in [-0.39, 0.29) is 24.7 Å². The topological polar surface area (TPSA) is 51.7 Å². The van der Waals surface area contributed by atoms with Crippen molar-refractivity contribution in [1.82, 2.24) is 9.88 Å². The molecule has 2 atom stereocenters. The van der Waals surface area contributed by atoms with Crippen molar-refractivity contribution in [2.24, 2.45) is 0 Å². The van der Waals surface area contributed by atoms with Crippen LogP contribution in [-0.4, -0.2) is 29.1 Å². The SMILES string of the molecule is O=C(C1CCCc2cccnc21)N1CCCC1c1ccc2c(c1)OCO2. The van der Waals surface area contributed by atoms with Crippen LogP contribution in [0.4, 0.5) is 0 Å². The average molecular weight is 350 g/mol. The summed E-state index contributed by atoms with van der Waals surface area (Å²) in [5, 5.41) is 0. The summed E-state index contributed by atoms with van der Waals surface area (Å²) in [6.07, 6.45) is 6.81. The third-order valence-corrected chi connectivity index (χ3v) is 5.81. The summed E-state index contributed by atoms with van der Waals surface area (Å²) in [6.45, 7) is 1.09. The molecule has 0 N–H and O–H groups in total. The highest BCUT2D eigenvalue weighted by atomic mass is 16.7. The zero-order valence-electron chi connectivity index (χ0n) is 14.7. The number of pyridine rings is 1. The molecule has 0 bridgehead atoms. The Kier molecular flexibility index (Phi) is 3.80. The van der Waals surface area contributed by atoms with Crippen LogP contribution in [0, 0.1) is 0 Å². The summed E-state index contributed by atoms with van der Waals surface area (Å²) in [6, 6.07) is 10.3. The summed E-state index contributed by atoms with van der Waals surface area (Å²) in [5.41, 5.74) is 3.35. The highest BCUT2D eigenvalue weighted by Crippen LogP contribution is 2.41. The Morgan fingerprint density at radius 2 is 2.04 bits per heavy atom. The Hall–Kier alpha value is -2.56. The Morgan fingerprint density at radius 3 is 3.00 bits per heavy atom. The van der Waals surface area contributed by atoms with Gasteiger partial charge in [-0.1, -0.05) is 12.1 Å². The van der Waals surface area contributed by atoms with Crippen LogP contribution in [0.1, 0.15) is 54.5 Å². The van der Waals surface area contributed by atoms with E-state index < -0.39 is 0 Å². The van der Waals surface area contributed by atoms with Crippen molar-refractivity contribution < 1.29 is 14.3 Å². The Morgan fingerprint density at radius 1 is 1.12 bits per heavy atom. The van der Waals surface area contributed by atoms with E-state index in [1.807, 2.05) is 24.4 Å². The van der Waals surface area contributed by atoms with E-state index >= 15 is 0 Å². The van der Waals surface area contributed by atoms with Gasteiger partial charge < -0.3 is 14.4 Å². The lowest BCUT2D eigenvalue weighted by atomic mass is 9.85. The maximum atomic E-state index is 13.4. The number of ether oxygens (including phenoxy) is 2. The van der Waals surface area contributed by atoms with Crippen LogP contribution in [0.5, 0.6) is 11.5 Å². The highest BCUT2D eigenvalue weighted by molar-refractivity contribution is 5.84. The van der Waals surface area contributed by atoms with Crippen molar-refractivity contribution in [3.8, 4) is 11.5 Å². The molecule has 0 spiro atoms. The number of carbonyl (C=O) groups is 1. The largest absolute Gasteiger partial charge is 0.454 e. The summed E-state index contributed by atoms with van der Waals surface area (Å²) in [5.74, 6) is 1.70. The zero-order valence-corrected chi connectivity index (χ0v) is 14.7. The Bertz CT molecular complexity index is 851. The number of rotatable bonds is 2. The number of aryl methyl sites for hydroxylation is 1. The van der Waals surface area contributed by atoms with E-state index in [9.17, 15) is 4.79 Å². The molecule has 2 aliphatic heterocycles. The first-order valence-corrected chi connectivity index (χ1v) is 9.45. The van der Waals surface area contributed by atoms with Crippen LogP contribution in [0.15, 0.2) is 36.5 Å². The van der Waals surface area contributed by atoms with Crippen LogP contribution in [0.2, 0.25) is 0 Å². The van der Waals surface area contributed by atoms with E-state index in [0.717, 1.165) is 61.4 Å². The first kappa shape index (κ1) is 15.7. The smallest absolute Gasteiger partial charge is 0.232 e. The number of aromatic nitrogens is 1. The van der Waals surface area contributed by atoms with E-state index in [4.69, 9.17) is 9.47 Å². The van der Waals surface area contributed by atoms with Crippen LogP contribution < -0.4 is 9.47 Å². The third-order valence-electron chi connectivity index (χ3n) is 5.81.